The summed E-state index contributed by atoms with van der Waals surface area (Å²) < 4.78 is 6.81. The molecule has 0 amide bonds. The second-order valence-corrected chi connectivity index (χ2v) is 5.92. The van der Waals surface area contributed by atoms with Gasteiger partial charge in [-0.1, -0.05) is 58.4 Å². The van der Waals surface area contributed by atoms with E-state index in [2.05, 4.69) is 22.5 Å². The monoisotopic (exact) mass is 342 g/mol. The molecule has 0 bridgehead atoms. The third kappa shape index (κ3) is 2.22. The van der Waals surface area contributed by atoms with Gasteiger partial charge in [-0.15, -0.1) is 6.58 Å². The molecule has 0 N–H and O–H groups in total. The van der Waals surface area contributed by atoms with Crippen molar-refractivity contribution in [3.63, 3.8) is 0 Å². The number of allylic oxidation sites excluding steroid dienone is 1. The van der Waals surface area contributed by atoms with Crippen LogP contribution < -0.4 is 0 Å². The molecule has 3 rings (SSSR count). The molecule has 1 unspecified atom stereocenters. The van der Waals surface area contributed by atoms with E-state index < -0.39 is 5.60 Å². The zero-order valence-electron chi connectivity index (χ0n) is 11.5. The molecule has 1 heterocycles. The van der Waals surface area contributed by atoms with Crippen LogP contribution >= 0.6 is 15.9 Å². The minimum atomic E-state index is -0.734. The average Bonchev–Trinajstić information content (AvgIpc) is 2.80. The van der Waals surface area contributed by atoms with Gasteiger partial charge >= 0.3 is 5.97 Å². The highest BCUT2D eigenvalue weighted by Gasteiger charge is 2.46. The molecule has 21 heavy (non-hydrogen) atoms. The molecular weight excluding hydrogens is 328 g/mol. The quantitative estimate of drug-likeness (QED) is 0.587. The molecule has 1 aliphatic rings. The molecule has 0 aliphatic carbocycles. The summed E-state index contributed by atoms with van der Waals surface area (Å²) in [7, 11) is 0. The van der Waals surface area contributed by atoms with Crippen molar-refractivity contribution < 1.29 is 9.53 Å². The van der Waals surface area contributed by atoms with Gasteiger partial charge in [0.05, 0.1) is 5.56 Å². The fourth-order valence-electron chi connectivity index (χ4n) is 2.90. The van der Waals surface area contributed by atoms with E-state index in [9.17, 15) is 4.79 Å². The van der Waals surface area contributed by atoms with Crippen molar-refractivity contribution in [3.8, 4) is 0 Å². The van der Waals surface area contributed by atoms with Crippen LogP contribution in [0, 0.1) is 0 Å². The largest absolute Gasteiger partial charge is 0.446 e. The van der Waals surface area contributed by atoms with Gasteiger partial charge in [0.15, 0.2) is 5.60 Å². The molecule has 1 atom stereocenters. The van der Waals surface area contributed by atoms with Crippen LogP contribution in [0.3, 0.4) is 0 Å². The van der Waals surface area contributed by atoms with Crippen molar-refractivity contribution in [1.82, 2.24) is 0 Å². The van der Waals surface area contributed by atoms with Crippen LogP contribution in [-0.2, 0) is 10.3 Å². The van der Waals surface area contributed by atoms with Crippen LogP contribution in [0.25, 0.3) is 0 Å². The first kappa shape index (κ1) is 14.1. The van der Waals surface area contributed by atoms with Gasteiger partial charge in [-0.05, 0) is 25.0 Å². The zero-order valence-corrected chi connectivity index (χ0v) is 13.1. The number of halogens is 1. The van der Waals surface area contributed by atoms with Crippen molar-refractivity contribution in [2.45, 2.75) is 18.4 Å². The number of carbonyl (C=O) groups excluding carboxylic acids is 1. The van der Waals surface area contributed by atoms with Crippen LogP contribution in [0.1, 0.15) is 34.3 Å². The van der Waals surface area contributed by atoms with Crippen molar-refractivity contribution in [2.75, 3.05) is 0 Å². The Morgan fingerprint density at radius 2 is 1.76 bits per heavy atom. The van der Waals surface area contributed by atoms with Gasteiger partial charge in [0, 0.05) is 15.6 Å². The van der Waals surface area contributed by atoms with Crippen LogP contribution in [-0.4, -0.2) is 5.97 Å². The van der Waals surface area contributed by atoms with Crippen LogP contribution in [0.2, 0.25) is 0 Å². The summed E-state index contributed by atoms with van der Waals surface area (Å²) in [5.74, 6) is -0.259. The molecule has 3 heteroatoms. The van der Waals surface area contributed by atoms with E-state index in [4.69, 9.17) is 4.74 Å². The van der Waals surface area contributed by atoms with Gasteiger partial charge in [-0.25, -0.2) is 4.79 Å². The summed E-state index contributed by atoms with van der Waals surface area (Å²) in [6.07, 6.45) is 3.30. The molecule has 0 spiro atoms. The minimum Gasteiger partial charge on any atom is -0.446 e. The molecule has 0 aromatic heterocycles. The molecule has 0 saturated heterocycles. The molecule has 2 nitrogen and oxygen atoms in total. The van der Waals surface area contributed by atoms with Gasteiger partial charge < -0.3 is 4.74 Å². The van der Waals surface area contributed by atoms with Crippen molar-refractivity contribution >= 4 is 21.9 Å². The summed E-state index contributed by atoms with van der Waals surface area (Å²) in [6, 6.07) is 15.5. The summed E-state index contributed by atoms with van der Waals surface area (Å²) in [4.78, 5) is 12.3. The van der Waals surface area contributed by atoms with Gasteiger partial charge in [-0.2, -0.15) is 0 Å². The van der Waals surface area contributed by atoms with E-state index in [-0.39, 0.29) is 5.97 Å². The molecule has 1 aliphatic heterocycles. The first-order valence-corrected chi connectivity index (χ1v) is 7.67. The number of cyclic esters (lactones) is 1. The Bertz CT molecular complexity index is 708. The Morgan fingerprint density at radius 1 is 1.10 bits per heavy atom. The van der Waals surface area contributed by atoms with Crippen LogP contribution in [0.4, 0.5) is 0 Å². The number of hydrogen-bond acceptors (Lipinski definition) is 2. The maximum Gasteiger partial charge on any atom is 0.339 e. The first-order valence-electron chi connectivity index (χ1n) is 6.88. The van der Waals surface area contributed by atoms with Crippen molar-refractivity contribution in [1.29, 1.82) is 0 Å². The molecule has 106 valence electrons. The average molecular weight is 343 g/mol. The lowest BCUT2D eigenvalue weighted by Crippen LogP contribution is -2.28. The number of ether oxygens (including phenoxy) is 1. The predicted octanol–water partition coefficient (Wildman–Crippen LogP) is 4.83. The summed E-state index contributed by atoms with van der Waals surface area (Å²) in [5.41, 5.74) is 1.83. The first-order chi connectivity index (χ1) is 10.2. The Hall–Kier alpha value is -1.87. The second kappa shape index (κ2) is 5.49. The zero-order chi connectivity index (χ0) is 14.9. The Balaban J connectivity index is 2.23. The van der Waals surface area contributed by atoms with E-state index in [1.807, 2.05) is 54.6 Å². The molecule has 0 fully saturated rings. The second-order valence-electron chi connectivity index (χ2n) is 5.07. The maximum absolute atomic E-state index is 12.3. The fraction of sp³-hybridized carbons (Fsp3) is 0.167. The maximum atomic E-state index is 12.3. The molecule has 2 aromatic carbocycles. The van der Waals surface area contributed by atoms with Gasteiger partial charge in [0.1, 0.15) is 0 Å². The third-order valence-electron chi connectivity index (χ3n) is 3.86. The Kier molecular flexibility index (Phi) is 3.68. The molecule has 0 saturated carbocycles. The number of benzene rings is 2. The van der Waals surface area contributed by atoms with Gasteiger partial charge in [0.25, 0.3) is 0 Å². The number of esters is 1. The van der Waals surface area contributed by atoms with E-state index in [1.165, 1.54) is 0 Å². The Morgan fingerprint density at radius 3 is 2.48 bits per heavy atom. The van der Waals surface area contributed by atoms with Crippen LogP contribution in [0.15, 0.2) is 65.7 Å². The summed E-state index contributed by atoms with van der Waals surface area (Å²) in [5, 5.41) is 0. The molecular formula is C18H15BrO2. The number of rotatable bonds is 4. The minimum absolute atomic E-state index is 0.259. The van der Waals surface area contributed by atoms with Gasteiger partial charge in [0.2, 0.25) is 0 Å². The highest BCUT2D eigenvalue weighted by molar-refractivity contribution is 9.10. The topological polar surface area (TPSA) is 26.3 Å². The van der Waals surface area contributed by atoms with Gasteiger partial charge in [-0.3, -0.25) is 0 Å². The van der Waals surface area contributed by atoms with E-state index in [0.717, 1.165) is 22.0 Å². The van der Waals surface area contributed by atoms with Crippen LogP contribution in [0.5, 0.6) is 0 Å². The summed E-state index contributed by atoms with van der Waals surface area (Å²) >= 11 is 3.59. The standard InChI is InChI=1S/C18H15BrO2/c1-2-3-12-18(15-10-6-7-11-16(15)19)14-9-5-4-8-13(14)17(20)21-18/h2,4-11H,1,3,12H2. The SMILES string of the molecule is C=CCCC1(c2ccccc2Br)OC(=O)c2ccccc21. The number of hydrogen-bond donors (Lipinski definition) is 0. The number of carbonyl (C=O) groups is 1. The van der Waals surface area contributed by atoms with E-state index in [1.54, 1.807) is 0 Å². The highest BCUT2D eigenvalue weighted by atomic mass is 79.9. The van der Waals surface area contributed by atoms with Crippen molar-refractivity contribution in [2.24, 2.45) is 0 Å². The number of fused-ring (bicyclic) bond motifs is 1. The van der Waals surface area contributed by atoms with E-state index in [0.29, 0.717) is 12.0 Å². The molecule has 2 aromatic rings. The highest BCUT2D eigenvalue weighted by Crippen LogP contribution is 2.47. The van der Waals surface area contributed by atoms with E-state index >= 15 is 0 Å². The van der Waals surface area contributed by atoms with Crippen molar-refractivity contribution in [3.05, 3.63) is 82.3 Å². The normalized spacial score (nSPS) is 20.0. The lowest BCUT2D eigenvalue weighted by Gasteiger charge is -2.30. The lowest BCUT2D eigenvalue weighted by atomic mass is 9.82. The predicted molar refractivity (Wildman–Crippen MR) is 86.2 cm³/mol. The smallest absolute Gasteiger partial charge is 0.339 e. The fourth-order valence-corrected chi connectivity index (χ4v) is 3.50. The Labute approximate surface area is 132 Å². The lowest BCUT2D eigenvalue weighted by molar-refractivity contribution is 0.00733. The summed E-state index contributed by atoms with van der Waals surface area (Å²) in [6.45, 7) is 3.79. The molecule has 0 radical (unpaired) electrons. The third-order valence-corrected chi connectivity index (χ3v) is 4.55.